The van der Waals surface area contributed by atoms with Crippen LogP contribution in [0.25, 0.3) is 0 Å². The summed E-state index contributed by atoms with van der Waals surface area (Å²) in [5.41, 5.74) is 0.852. The number of aliphatic hydroxyl groups is 1. The topological polar surface area (TPSA) is 57.6 Å². The van der Waals surface area contributed by atoms with Crippen molar-refractivity contribution in [2.24, 2.45) is 0 Å². The van der Waals surface area contributed by atoms with Gasteiger partial charge in [0.1, 0.15) is 0 Å². The van der Waals surface area contributed by atoms with E-state index < -0.39 is 16.1 Å². The summed E-state index contributed by atoms with van der Waals surface area (Å²) in [7, 11) is -3.49. The number of hydrogen-bond acceptors (Lipinski definition) is 3. The molecule has 0 unspecified atom stereocenters. The fourth-order valence-corrected chi connectivity index (χ4v) is 3.71. The van der Waals surface area contributed by atoms with Gasteiger partial charge in [-0.3, -0.25) is 0 Å². The summed E-state index contributed by atoms with van der Waals surface area (Å²) in [5, 5.41) is 9.85. The lowest BCUT2D eigenvalue weighted by Gasteiger charge is -2.28. The molecule has 2 rings (SSSR count). The molecule has 1 aliphatic rings. The molecule has 0 radical (unpaired) electrons. The van der Waals surface area contributed by atoms with Crippen molar-refractivity contribution in [1.29, 1.82) is 0 Å². The molecule has 0 aliphatic carbocycles. The number of nitrogens with zero attached hydrogens (tertiary/aromatic N) is 1. The number of benzene rings is 1. The summed E-state index contributed by atoms with van der Waals surface area (Å²) < 4.78 is 26.1. The molecule has 1 aromatic carbocycles. The van der Waals surface area contributed by atoms with Crippen LogP contribution in [0.2, 0.25) is 5.02 Å². The van der Waals surface area contributed by atoms with Gasteiger partial charge in [0.05, 0.1) is 11.0 Å². The van der Waals surface area contributed by atoms with Crippen LogP contribution in [0.4, 0.5) is 0 Å². The van der Waals surface area contributed by atoms with Gasteiger partial charge >= 0.3 is 0 Å². The molecule has 1 aromatic rings. The van der Waals surface area contributed by atoms with Gasteiger partial charge in [0.15, 0.2) is 0 Å². The van der Waals surface area contributed by atoms with Gasteiger partial charge in [0.2, 0.25) is 10.0 Å². The zero-order chi connectivity index (χ0) is 13.3. The predicted molar refractivity (Wildman–Crippen MR) is 70.2 cm³/mol. The Kier molecular flexibility index (Phi) is 3.96. The van der Waals surface area contributed by atoms with E-state index in [4.69, 9.17) is 11.6 Å². The Balaban J connectivity index is 2.27. The largest absolute Gasteiger partial charge is 0.393 e. The molecule has 0 spiro atoms. The summed E-state index contributed by atoms with van der Waals surface area (Å²) >= 11 is 5.96. The minimum absolute atomic E-state index is 0.217. The average Bonchev–Trinajstić information content (AvgIpc) is 2.33. The molecule has 1 N–H and O–H groups in total. The Bertz CT molecular complexity index is 536. The summed E-state index contributed by atoms with van der Waals surface area (Å²) in [4.78, 5) is 0.217. The fraction of sp³-hybridized carbons (Fsp3) is 0.500. The summed E-state index contributed by atoms with van der Waals surface area (Å²) in [5.74, 6) is 0. The van der Waals surface area contributed by atoms with Gasteiger partial charge in [-0.25, -0.2) is 8.42 Å². The highest BCUT2D eigenvalue weighted by molar-refractivity contribution is 7.89. The smallest absolute Gasteiger partial charge is 0.243 e. The number of sulfonamides is 1. The standard InChI is InChI=1S/C12H16ClNO3S/c1-9-2-3-11(8-12(9)13)18(16,17)14-6-4-10(15)5-7-14/h2-3,8,10,15H,4-7H2,1H3. The molecule has 1 fully saturated rings. The molecule has 0 amide bonds. The van der Waals surface area contributed by atoms with Gasteiger partial charge in [0.25, 0.3) is 0 Å². The Morgan fingerprint density at radius 2 is 1.94 bits per heavy atom. The molecule has 1 heterocycles. The fourth-order valence-electron chi connectivity index (χ4n) is 1.97. The van der Waals surface area contributed by atoms with Gasteiger partial charge in [-0.2, -0.15) is 4.31 Å². The number of piperidine rings is 1. The molecule has 0 aromatic heterocycles. The van der Waals surface area contributed by atoms with Crippen molar-refractivity contribution < 1.29 is 13.5 Å². The van der Waals surface area contributed by atoms with Crippen LogP contribution in [-0.4, -0.2) is 37.0 Å². The van der Waals surface area contributed by atoms with Gasteiger partial charge in [-0.05, 0) is 37.5 Å². The minimum Gasteiger partial charge on any atom is -0.393 e. The first-order valence-electron chi connectivity index (χ1n) is 5.85. The summed E-state index contributed by atoms with van der Waals surface area (Å²) in [6, 6.07) is 4.76. The van der Waals surface area contributed by atoms with Gasteiger partial charge < -0.3 is 5.11 Å². The monoisotopic (exact) mass is 289 g/mol. The van der Waals surface area contributed by atoms with Crippen LogP contribution in [-0.2, 0) is 10.0 Å². The molecule has 0 atom stereocenters. The van der Waals surface area contributed by atoms with Crippen molar-refractivity contribution >= 4 is 21.6 Å². The first-order chi connectivity index (χ1) is 8.41. The van der Waals surface area contributed by atoms with E-state index in [1.165, 1.54) is 10.4 Å². The van der Waals surface area contributed by atoms with Crippen LogP contribution in [0.5, 0.6) is 0 Å². The minimum atomic E-state index is -3.49. The third kappa shape index (κ3) is 2.69. The maximum absolute atomic E-state index is 12.3. The zero-order valence-corrected chi connectivity index (χ0v) is 11.7. The lowest BCUT2D eigenvalue weighted by atomic mass is 10.1. The molecular weight excluding hydrogens is 274 g/mol. The maximum Gasteiger partial charge on any atom is 0.243 e. The second-order valence-corrected chi connectivity index (χ2v) is 6.89. The quantitative estimate of drug-likeness (QED) is 0.903. The second kappa shape index (κ2) is 5.17. The van der Waals surface area contributed by atoms with Crippen molar-refractivity contribution in [2.45, 2.75) is 30.8 Å². The maximum atomic E-state index is 12.3. The molecule has 6 heteroatoms. The van der Waals surface area contributed by atoms with Gasteiger partial charge in [0, 0.05) is 18.1 Å². The van der Waals surface area contributed by atoms with E-state index in [0.717, 1.165) is 5.56 Å². The highest BCUT2D eigenvalue weighted by Crippen LogP contribution is 2.24. The van der Waals surface area contributed by atoms with Crippen LogP contribution in [0.1, 0.15) is 18.4 Å². The van der Waals surface area contributed by atoms with E-state index in [1.807, 2.05) is 6.92 Å². The van der Waals surface area contributed by atoms with Gasteiger partial charge in [-0.15, -0.1) is 0 Å². The van der Waals surface area contributed by atoms with Crippen LogP contribution < -0.4 is 0 Å². The first kappa shape index (κ1) is 13.8. The molecule has 1 saturated heterocycles. The van der Waals surface area contributed by atoms with Crippen molar-refractivity contribution in [3.8, 4) is 0 Å². The van der Waals surface area contributed by atoms with Crippen LogP contribution in [0, 0.1) is 6.92 Å². The Morgan fingerprint density at radius 3 is 2.50 bits per heavy atom. The zero-order valence-electron chi connectivity index (χ0n) is 10.1. The highest BCUT2D eigenvalue weighted by Gasteiger charge is 2.28. The van der Waals surface area contributed by atoms with Crippen LogP contribution in [0.15, 0.2) is 23.1 Å². The normalized spacial score (nSPS) is 19.1. The molecule has 0 saturated carbocycles. The van der Waals surface area contributed by atoms with E-state index in [1.54, 1.807) is 12.1 Å². The first-order valence-corrected chi connectivity index (χ1v) is 7.67. The third-order valence-corrected chi connectivity index (χ3v) is 5.51. The lowest BCUT2D eigenvalue weighted by Crippen LogP contribution is -2.39. The Morgan fingerprint density at radius 1 is 1.33 bits per heavy atom. The van der Waals surface area contributed by atoms with Crippen molar-refractivity contribution in [3.05, 3.63) is 28.8 Å². The van der Waals surface area contributed by atoms with Crippen LogP contribution in [0.3, 0.4) is 0 Å². The highest BCUT2D eigenvalue weighted by atomic mass is 35.5. The van der Waals surface area contributed by atoms with Crippen molar-refractivity contribution in [3.63, 3.8) is 0 Å². The SMILES string of the molecule is Cc1ccc(S(=O)(=O)N2CCC(O)CC2)cc1Cl. The Labute approximate surface area is 112 Å². The second-order valence-electron chi connectivity index (χ2n) is 4.55. The van der Waals surface area contributed by atoms with Crippen LogP contribution >= 0.6 is 11.6 Å². The lowest BCUT2D eigenvalue weighted by molar-refractivity contribution is 0.113. The van der Waals surface area contributed by atoms with Crippen molar-refractivity contribution in [1.82, 2.24) is 4.31 Å². The van der Waals surface area contributed by atoms with Gasteiger partial charge in [-0.1, -0.05) is 17.7 Å². The molecule has 100 valence electrons. The van der Waals surface area contributed by atoms with E-state index >= 15 is 0 Å². The number of rotatable bonds is 2. The predicted octanol–water partition coefficient (Wildman–Crippen LogP) is 1.79. The average molecular weight is 290 g/mol. The van der Waals surface area contributed by atoms with E-state index in [0.29, 0.717) is 31.0 Å². The number of aliphatic hydroxyl groups excluding tert-OH is 1. The molecular formula is C12H16ClNO3S. The summed E-state index contributed by atoms with van der Waals surface area (Å²) in [6.07, 6.45) is 0.579. The molecule has 4 nitrogen and oxygen atoms in total. The van der Waals surface area contributed by atoms with Crippen molar-refractivity contribution in [2.75, 3.05) is 13.1 Å². The number of halogens is 1. The third-order valence-electron chi connectivity index (χ3n) is 3.20. The molecule has 1 aliphatic heterocycles. The van der Waals surface area contributed by atoms with E-state index in [-0.39, 0.29) is 4.90 Å². The van der Waals surface area contributed by atoms with E-state index in [9.17, 15) is 13.5 Å². The summed E-state index contributed by atoms with van der Waals surface area (Å²) in [6.45, 7) is 2.54. The number of hydrogen-bond donors (Lipinski definition) is 1. The van der Waals surface area contributed by atoms with E-state index in [2.05, 4.69) is 0 Å². The molecule has 18 heavy (non-hydrogen) atoms. The molecule has 0 bridgehead atoms. The number of aryl methyl sites for hydroxylation is 1. The Hall–Kier alpha value is -0.620.